The lowest BCUT2D eigenvalue weighted by Crippen LogP contribution is -1.89. The van der Waals surface area contributed by atoms with Crippen molar-refractivity contribution in [3.05, 3.63) is 69.1 Å². The predicted molar refractivity (Wildman–Crippen MR) is 101 cm³/mol. The van der Waals surface area contributed by atoms with Crippen LogP contribution in [0.5, 0.6) is 11.5 Å². The van der Waals surface area contributed by atoms with Crippen molar-refractivity contribution in [1.82, 2.24) is 0 Å². The summed E-state index contributed by atoms with van der Waals surface area (Å²) < 4.78 is 1.32. The van der Waals surface area contributed by atoms with Crippen molar-refractivity contribution < 1.29 is 10.2 Å². The van der Waals surface area contributed by atoms with Crippen LogP contribution in [0, 0.1) is 6.92 Å². The summed E-state index contributed by atoms with van der Waals surface area (Å²) in [5, 5.41) is 19.4. The molecule has 116 valence electrons. The molecular weight excluding hydrogens is 420 g/mol. The Kier molecular flexibility index (Phi) is 4.46. The van der Waals surface area contributed by atoms with Gasteiger partial charge in [0.1, 0.15) is 11.5 Å². The Morgan fingerprint density at radius 3 is 1.91 bits per heavy atom. The number of phenolic OH excluding ortho intramolecular Hbond substituents is 2. The maximum Gasteiger partial charge on any atom is 0.129 e. The number of benzene rings is 3. The summed E-state index contributed by atoms with van der Waals surface area (Å²) in [6.07, 6.45) is 0. The standard InChI is InChI=1S/C19H14Br2O2/c1-11-3-2-4-14(12-5-7-17(22)15(20)9-12)19(11)13-6-8-18(23)16(21)10-13/h2-10,22-23H,1H3. The van der Waals surface area contributed by atoms with Crippen molar-refractivity contribution in [2.24, 2.45) is 0 Å². The third-order valence-corrected chi connectivity index (χ3v) is 5.04. The van der Waals surface area contributed by atoms with Crippen LogP contribution in [0.15, 0.2) is 63.5 Å². The minimum absolute atomic E-state index is 0.218. The van der Waals surface area contributed by atoms with Crippen molar-refractivity contribution >= 4 is 31.9 Å². The van der Waals surface area contributed by atoms with Gasteiger partial charge in [-0.25, -0.2) is 0 Å². The highest BCUT2D eigenvalue weighted by molar-refractivity contribution is 9.10. The molecule has 0 saturated carbocycles. The van der Waals surface area contributed by atoms with Gasteiger partial charge in [0, 0.05) is 0 Å². The summed E-state index contributed by atoms with van der Waals surface area (Å²) in [6, 6.07) is 17.1. The lowest BCUT2D eigenvalue weighted by molar-refractivity contribution is 0.471. The Hall–Kier alpha value is -1.78. The molecule has 3 aromatic rings. The SMILES string of the molecule is Cc1cccc(-c2ccc(O)c(Br)c2)c1-c1ccc(O)c(Br)c1. The first kappa shape index (κ1) is 16.1. The predicted octanol–water partition coefficient (Wildman–Crippen LogP) is 6.27. The number of aryl methyl sites for hydroxylation is 1. The summed E-state index contributed by atoms with van der Waals surface area (Å²) in [4.78, 5) is 0. The average Bonchev–Trinajstić information content (AvgIpc) is 2.53. The van der Waals surface area contributed by atoms with Gasteiger partial charge >= 0.3 is 0 Å². The van der Waals surface area contributed by atoms with Gasteiger partial charge in [-0.2, -0.15) is 0 Å². The Labute approximate surface area is 151 Å². The van der Waals surface area contributed by atoms with E-state index in [-0.39, 0.29) is 11.5 Å². The summed E-state index contributed by atoms with van der Waals surface area (Å²) in [5.74, 6) is 0.437. The van der Waals surface area contributed by atoms with Gasteiger partial charge in [0.15, 0.2) is 0 Å². The molecule has 3 rings (SSSR count). The fourth-order valence-corrected chi connectivity index (χ4v) is 3.39. The Bertz CT molecular complexity index is 889. The van der Waals surface area contributed by atoms with Gasteiger partial charge in [0.05, 0.1) is 8.95 Å². The second-order valence-electron chi connectivity index (χ2n) is 5.33. The zero-order valence-corrected chi connectivity index (χ0v) is 15.5. The van der Waals surface area contributed by atoms with Crippen molar-refractivity contribution in [2.45, 2.75) is 6.92 Å². The van der Waals surface area contributed by atoms with Crippen molar-refractivity contribution in [3.8, 4) is 33.8 Å². The summed E-state index contributed by atoms with van der Waals surface area (Å²) >= 11 is 6.75. The van der Waals surface area contributed by atoms with Gasteiger partial charge in [-0.05, 0) is 90.9 Å². The molecule has 0 bridgehead atoms. The zero-order chi connectivity index (χ0) is 16.6. The quantitative estimate of drug-likeness (QED) is 0.500. The largest absolute Gasteiger partial charge is 0.507 e. The molecule has 0 saturated heterocycles. The van der Waals surface area contributed by atoms with E-state index in [0.29, 0.717) is 8.95 Å². The number of phenols is 2. The maximum absolute atomic E-state index is 9.73. The van der Waals surface area contributed by atoms with Gasteiger partial charge in [-0.3, -0.25) is 0 Å². The van der Waals surface area contributed by atoms with Gasteiger partial charge in [-0.15, -0.1) is 0 Å². The van der Waals surface area contributed by atoms with Gasteiger partial charge in [0.25, 0.3) is 0 Å². The van der Waals surface area contributed by atoms with E-state index >= 15 is 0 Å². The molecule has 0 heterocycles. The summed E-state index contributed by atoms with van der Waals surface area (Å²) in [7, 11) is 0. The van der Waals surface area contributed by atoms with Crippen molar-refractivity contribution in [1.29, 1.82) is 0 Å². The normalized spacial score (nSPS) is 10.7. The first-order chi connectivity index (χ1) is 11.0. The van der Waals surface area contributed by atoms with Crippen LogP contribution in [0.25, 0.3) is 22.3 Å². The molecule has 0 aliphatic rings. The number of halogens is 2. The van der Waals surface area contributed by atoms with Crippen LogP contribution in [-0.4, -0.2) is 10.2 Å². The van der Waals surface area contributed by atoms with E-state index in [0.717, 1.165) is 27.8 Å². The van der Waals surface area contributed by atoms with Crippen molar-refractivity contribution in [3.63, 3.8) is 0 Å². The molecule has 0 aromatic heterocycles. The third-order valence-electron chi connectivity index (χ3n) is 3.77. The van der Waals surface area contributed by atoms with Crippen LogP contribution in [0.2, 0.25) is 0 Å². The molecule has 0 unspecified atom stereocenters. The highest BCUT2D eigenvalue weighted by Crippen LogP contribution is 2.39. The molecule has 2 N–H and O–H groups in total. The van der Waals surface area contributed by atoms with E-state index in [1.165, 1.54) is 0 Å². The second kappa shape index (κ2) is 6.38. The minimum Gasteiger partial charge on any atom is -0.507 e. The van der Waals surface area contributed by atoms with Crippen LogP contribution in [0.3, 0.4) is 0 Å². The third kappa shape index (κ3) is 3.14. The molecular formula is C19H14Br2O2. The fourth-order valence-electron chi connectivity index (χ4n) is 2.63. The van der Waals surface area contributed by atoms with Crippen LogP contribution in [0.1, 0.15) is 5.56 Å². The van der Waals surface area contributed by atoms with Crippen molar-refractivity contribution in [2.75, 3.05) is 0 Å². The molecule has 2 nitrogen and oxygen atoms in total. The first-order valence-corrected chi connectivity index (χ1v) is 8.63. The molecule has 0 atom stereocenters. The lowest BCUT2D eigenvalue weighted by Gasteiger charge is -2.14. The molecule has 0 spiro atoms. The second-order valence-corrected chi connectivity index (χ2v) is 7.04. The monoisotopic (exact) mass is 432 g/mol. The molecule has 4 heteroatoms. The summed E-state index contributed by atoms with van der Waals surface area (Å²) in [6.45, 7) is 2.06. The maximum atomic E-state index is 9.73. The van der Waals surface area contributed by atoms with E-state index < -0.39 is 0 Å². The molecule has 0 aliphatic heterocycles. The van der Waals surface area contributed by atoms with E-state index in [1.54, 1.807) is 12.1 Å². The molecule has 23 heavy (non-hydrogen) atoms. The summed E-state index contributed by atoms with van der Waals surface area (Å²) in [5.41, 5.74) is 5.35. The minimum atomic E-state index is 0.218. The number of hydrogen-bond donors (Lipinski definition) is 2. The van der Waals surface area contributed by atoms with E-state index in [4.69, 9.17) is 0 Å². The fraction of sp³-hybridized carbons (Fsp3) is 0.0526. The topological polar surface area (TPSA) is 40.5 Å². The van der Waals surface area contributed by atoms with E-state index in [9.17, 15) is 10.2 Å². The highest BCUT2D eigenvalue weighted by Gasteiger charge is 2.12. The molecule has 0 aliphatic carbocycles. The van der Waals surface area contributed by atoms with Crippen LogP contribution in [0.4, 0.5) is 0 Å². The number of rotatable bonds is 2. The Morgan fingerprint density at radius 1 is 0.739 bits per heavy atom. The molecule has 0 radical (unpaired) electrons. The first-order valence-electron chi connectivity index (χ1n) is 7.05. The van der Waals surface area contributed by atoms with E-state index in [1.807, 2.05) is 30.3 Å². The number of aromatic hydroxyl groups is 2. The molecule has 3 aromatic carbocycles. The van der Waals surface area contributed by atoms with Crippen LogP contribution < -0.4 is 0 Å². The average molecular weight is 434 g/mol. The van der Waals surface area contributed by atoms with Crippen LogP contribution in [-0.2, 0) is 0 Å². The number of hydrogen-bond acceptors (Lipinski definition) is 2. The Morgan fingerprint density at radius 2 is 1.30 bits per heavy atom. The highest BCUT2D eigenvalue weighted by atomic mass is 79.9. The Balaban J connectivity index is 2.24. The molecule has 0 amide bonds. The van der Waals surface area contributed by atoms with E-state index in [2.05, 4.69) is 50.9 Å². The molecule has 0 fully saturated rings. The van der Waals surface area contributed by atoms with Gasteiger partial charge in [-0.1, -0.05) is 30.3 Å². The zero-order valence-electron chi connectivity index (χ0n) is 12.3. The smallest absolute Gasteiger partial charge is 0.129 e. The van der Waals surface area contributed by atoms with Gasteiger partial charge in [0.2, 0.25) is 0 Å². The van der Waals surface area contributed by atoms with Gasteiger partial charge < -0.3 is 10.2 Å². The van der Waals surface area contributed by atoms with Crippen LogP contribution >= 0.6 is 31.9 Å². The lowest BCUT2D eigenvalue weighted by atomic mass is 9.91.